The van der Waals surface area contributed by atoms with Crippen molar-refractivity contribution in [2.24, 2.45) is 0 Å². The van der Waals surface area contributed by atoms with Gasteiger partial charge in [-0.15, -0.1) is 5.10 Å². The predicted molar refractivity (Wildman–Crippen MR) is 126 cm³/mol. The van der Waals surface area contributed by atoms with Crippen molar-refractivity contribution < 1.29 is 4.79 Å². The minimum atomic E-state index is -0.350. The van der Waals surface area contributed by atoms with Gasteiger partial charge in [-0.2, -0.15) is 4.68 Å². The third-order valence-corrected chi connectivity index (χ3v) is 6.08. The van der Waals surface area contributed by atoms with Crippen LogP contribution in [0.4, 0.5) is 0 Å². The van der Waals surface area contributed by atoms with E-state index in [0.717, 1.165) is 22.4 Å². The van der Waals surface area contributed by atoms with Gasteiger partial charge in [-0.05, 0) is 53.1 Å². The van der Waals surface area contributed by atoms with Crippen molar-refractivity contribution in [1.82, 2.24) is 25.1 Å². The van der Waals surface area contributed by atoms with Crippen molar-refractivity contribution in [3.63, 3.8) is 0 Å². The summed E-state index contributed by atoms with van der Waals surface area (Å²) in [5.41, 5.74) is 4.19. The number of thioether (sulfide) groups is 1. The number of tetrazole rings is 1. The van der Waals surface area contributed by atoms with E-state index < -0.39 is 0 Å². The average molecular weight is 444 g/mol. The van der Waals surface area contributed by atoms with E-state index in [1.165, 1.54) is 11.8 Å². The van der Waals surface area contributed by atoms with Crippen LogP contribution in [0.2, 0.25) is 0 Å². The summed E-state index contributed by atoms with van der Waals surface area (Å²) in [4.78, 5) is 15.4. The van der Waals surface area contributed by atoms with E-state index in [1.807, 2.05) is 104 Å². The Balaban J connectivity index is 1.54. The Morgan fingerprint density at radius 3 is 2.16 bits per heavy atom. The minimum absolute atomic E-state index is 0.0431. The number of amides is 1. The largest absolute Gasteiger partial charge is 0.333 e. The zero-order chi connectivity index (χ0) is 22.3. The van der Waals surface area contributed by atoms with Gasteiger partial charge in [0.25, 0.3) is 0 Å². The van der Waals surface area contributed by atoms with E-state index in [-0.39, 0.29) is 11.2 Å². The highest BCUT2D eigenvalue weighted by molar-refractivity contribution is 8.00. The lowest BCUT2D eigenvalue weighted by atomic mass is 10.1. The molecule has 162 valence electrons. The SMILES string of the molecule is Cc1cccc(-n2nnnc2SC(C)C(=O)N(Cc2ccccc2)Cc2ccccc2)c1. The smallest absolute Gasteiger partial charge is 0.236 e. The van der Waals surface area contributed by atoms with Gasteiger partial charge in [0.15, 0.2) is 0 Å². The van der Waals surface area contributed by atoms with Gasteiger partial charge in [-0.1, -0.05) is 84.6 Å². The maximum Gasteiger partial charge on any atom is 0.236 e. The Morgan fingerprint density at radius 2 is 1.56 bits per heavy atom. The third-order valence-electron chi connectivity index (χ3n) is 5.06. The number of rotatable bonds is 8. The molecule has 1 unspecified atom stereocenters. The molecule has 0 aliphatic heterocycles. The summed E-state index contributed by atoms with van der Waals surface area (Å²) in [6, 6.07) is 28.1. The van der Waals surface area contributed by atoms with Gasteiger partial charge in [0, 0.05) is 13.1 Å². The molecule has 0 saturated heterocycles. The Morgan fingerprint density at radius 1 is 0.938 bits per heavy atom. The lowest BCUT2D eigenvalue weighted by Crippen LogP contribution is -2.35. The van der Waals surface area contributed by atoms with Gasteiger partial charge in [-0.3, -0.25) is 4.79 Å². The number of carbonyl (C=O) groups excluding carboxylic acids is 1. The third kappa shape index (κ3) is 5.42. The molecule has 1 heterocycles. The molecule has 1 atom stereocenters. The van der Waals surface area contributed by atoms with Gasteiger partial charge in [0.2, 0.25) is 11.1 Å². The molecular weight excluding hydrogens is 418 g/mol. The van der Waals surface area contributed by atoms with E-state index in [4.69, 9.17) is 0 Å². The van der Waals surface area contributed by atoms with Gasteiger partial charge in [0.05, 0.1) is 10.9 Å². The van der Waals surface area contributed by atoms with Crippen LogP contribution < -0.4 is 0 Å². The molecule has 0 N–H and O–H groups in total. The van der Waals surface area contributed by atoms with Crippen molar-refractivity contribution >= 4 is 17.7 Å². The van der Waals surface area contributed by atoms with Crippen LogP contribution in [0.25, 0.3) is 5.69 Å². The fourth-order valence-corrected chi connectivity index (χ4v) is 4.35. The van der Waals surface area contributed by atoms with Crippen LogP contribution in [0, 0.1) is 6.92 Å². The maximum absolute atomic E-state index is 13.5. The number of aromatic nitrogens is 4. The molecule has 6 nitrogen and oxygen atoms in total. The molecule has 0 aliphatic carbocycles. The summed E-state index contributed by atoms with van der Waals surface area (Å²) in [7, 11) is 0. The Hall–Kier alpha value is -3.45. The van der Waals surface area contributed by atoms with E-state index >= 15 is 0 Å². The lowest BCUT2D eigenvalue weighted by Gasteiger charge is -2.26. The summed E-state index contributed by atoms with van der Waals surface area (Å²) < 4.78 is 1.68. The molecule has 4 aromatic rings. The highest BCUT2D eigenvalue weighted by atomic mass is 32.2. The first-order valence-corrected chi connectivity index (χ1v) is 11.4. The normalized spacial score (nSPS) is 11.8. The monoisotopic (exact) mass is 443 g/mol. The quantitative estimate of drug-likeness (QED) is 0.370. The number of aryl methyl sites for hydroxylation is 1. The van der Waals surface area contributed by atoms with Crippen molar-refractivity contribution in [2.45, 2.75) is 37.3 Å². The van der Waals surface area contributed by atoms with Crippen LogP contribution in [0.5, 0.6) is 0 Å². The van der Waals surface area contributed by atoms with Crippen LogP contribution in [-0.2, 0) is 17.9 Å². The van der Waals surface area contributed by atoms with Gasteiger partial charge in [0.1, 0.15) is 0 Å². The zero-order valence-electron chi connectivity index (χ0n) is 18.1. The second-order valence-electron chi connectivity index (χ2n) is 7.64. The topological polar surface area (TPSA) is 63.9 Å². The summed E-state index contributed by atoms with van der Waals surface area (Å²) >= 11 is 1.37. The average Bonchev–Trinajstić information content (AvgIpc) is 3.27. The summed E-state index contributed by atoms with van der Waals surface area (Å²) in [5, 5.41) is 12.4. The molecule has 0 saturated carbocycles. The van der Waals surface area contributed by atoms with E-state index in [0.29, 0.717) is 18.2 Å². The van der Waals surface area contributed by atoms with Gasteiger partial charge < -0.3 is 4.90 Å². The molecule has 1 aromatic heterocycles. The second kappa shape index (κ2) is 10.2. The van der Waals surface area contributed by atoms with Crippen molar-refractivity contribution in [3.05, 3.63) is 102 Å². The molecule has 0 spiro atoms. The molecule has 7 heteroatoms. The minimum Gasteiger partial charge on any atom is -0.333 e. The Bertz CT molecular complexity index is 1120. The number of carbonyl (C=O) groups is 1. The highest BCUT2D eigenvalue weighted by Gasteiger charge is 2.24. The molecule has 0 aliphatic rings. The van der Waals surface area contributed by atoms with Crippen molar-refractivity contribution in [2.75, 3.05) is 0 Å². The summed E-state index contributed by atoms with van der Waals surface area (Å²) in [6.07, 6.45) is 0. The second-order valence-corrected chi connectivity index (χ2v) is 8.95. The van der Waals surface area contributed by atoms with Crippen LogP contribution >= 0.6 is 11.8 Å². The van der Waals surface area contributed by atoms with Crippen LogP contribution in [0.1, 0.15) is 23.6 Å². The number of nitrogens with zero attached hydrogens (tertiary/aromatic N) is 5. The first-order valence-electron chi connectivity index (χ1n) is 10.5. The number of hydrogen-bond acceptors (Lipinski definition) is 5. The van der Waals surface area contributed by atoms with E-state index in [2.05, 4.69) is 15.5 Å². The van der Waals surface area contributed by atoms with Crippen LogP contribution in [-0.4, -0.2) is 36.3 Å². The zero-order valence-corrected chi connectivity index (χ0v) is 18.9. The van der Waals surface area contributed by atoms with Crippen LogP contribution in [0.15, 0.2) is 90.1 Å². The molecule has 1 amide bonds. The molecule has 0 bridgehead atoms. The highest BCUT2D eigenvalue weighted by Crippen LogP contribution is 2.25. The predicted octanol–water partition coefficient (Wildman–Crippen LogP) is 4.68. The number of benzene rings is 3. The molecule has 0 radical (unpaired) electrons. The Labute approximate surface area is 192 Å². The summed E-state index contributed by atoms with van der Waals surface area (Å²) in [5.74, 6) is 0.0431. The van der Waals surface area contributed by atoms with E-state index in [1.54, 1.807) is 4.68 Å². The fourth-order valence-electron chi connectivity index (χ4n) is 3.46. The molecular formula is C25H25N5OS. The van der Waals surface area contributed by atoms with Gasteiger partial charge >= 0.3 is 0 Å². The molecule has 32 heavy (non-hydrogen) atoms. The van der Waals surface area contributed by atoms with Crippen LogP contribution in [0.3, 0.4) is 0 Å². The first-order chi connectivity index (χ1) is 15.6. The van der Waals surface area contributed by atoms with Gasteiger partial charge in [-0.25, -0.2) is 0 Å². The maximum atomic E-state index is 13.5. The molecule has 4 rings (SSSR count). The van der Waals surface area contributed by atoms with Crippen molar-refractivity contribution in [1.29, 1.82) is 0 Å². The fraction of sp³-hybridized carbons (Fsp3) is 0.200. The first kappa shape index (κ1) is 21.8. The molecule has 3 aromatic carbocycles. The van der Waals surface area contributed by atoms with Crippen molar-refractivity contribution in [3.8, 4) is 5.69 Å². The summed E-state index contributed by atoms with van der Waals surface area (Å²) in [6.45, 7) is 5.02. The standard InChI is InChI=1S/C25H25N5OS/c1-19-10-9-15-23(16-19)30-25(26-27-28-30)32-20(2)24(31)29(17-21-11-5-3-6-12-21)18-22-13-7-4-8-14-22/h3-16,20H,17-18H2,1-2H3. The van der Waals surface area contributed by atoms with E-state index in [9.17, 15) is 4.79 Å². The molecule has 0 fully saturated rings. The lowest BCUT2D eigenvalue weighted by molar-refractivity contribution is -0.131. The Kier molecular flexibility index (Phi) is 6.97. The number of hydrogen-bond donors (Lipinski definition) is 0.